The van der Waals surface area contributed by atoms with Crippen LogP contribution >= 0.6 is 15.9 Å². The van der Waals surface area contributed by atoms with Crippen molar-refractivity contribution in [2.45, 2.75) is 0 Å². The zero-order chi connectivity index (χ0) is 21.9. The fourth-order valence-electron chi connectivity index (χ4n) is 4.23. The minimum atomic E-state index is 0.281. The van der Waals surface area contributed by atoms with Crippen molar-refractivity contribution in [3.05, 3.63) is 126 Å². The van der Waals surface area contributed by atoms with Gasteiger partial charge in [0.1, 0.15) is 5.75 Å². The smallest absolute Gasteiger partial charge is 0.132 e. The minimum Gasteiger partial charge on any atom is -0.507 e. The van der Waals surface area contributed by atoms with E-state index in [-0.39, 0.29) is 5.75 Å². The van der Waals surface area contributed by atoms with E-state index in [1.807, 2.05) is 97.1 Å². The molecule has 0 heterocycles. The summed E-state index contributed by atoms with van der Waals surface area (Å²) in [4.78, 5) is 0. The lowest BCUT2D eigenvalue weighted by Crippen LogP contribution is -1.96. The van der Waals surface area contributed by atoms with Gasteiger partial charge in [-0.05, 0) is 38.2 Å². The van der Waals surface area contributed by atoms with E-state index in [0.29, 0.717) is 0 Å². The molecule has 1 N–H and O–H groups in total. The summed E-state index contributed by atoms with van der Waals surface area (Å²) in [7, 11) is 0. The summed E-state index contributed by atoms with van der Waals surface area (Å²) in [5, 5.41) is 11.9. The summed E-state index contributed by atoms with van der Waals surface area (Å²) in [5.74, 6) is 0.281. The molecule has 5 aromatic carbocycles. The van der Waals surface area contributed by atoms with Crippen molar-refractivity contribution in [1.29, 1.82) is 0 Å². The van der Waals surface area contributed by atoms with E-state index in [9.17, 15) is 5.11 Å². The molecule has 0 aromatic heterocycles. The maximum absolute atomic E-state index is 11.9. The standard InChI is InChI=1S/C30H21BrO/c31-29-25(21-13-5-1-6-14-21)27(23-17-9-3-10-18-23)30(32)28(24-19-11-4-12-20-24)26(29)22-15-7-2-8-16-22/h1-20,32H. The molecule has 0 spiro atoms. The van der Waals surface area contributed by atoms with Crippen LogP contribution in [-0.4, -0.2) is 5.11 Å². The molecule has 0 radical (unpaired) electrons. The Morgan fingerprint density at radius 2 is 0.625 bits per heavy atom. The molecule has 32 heavy (non-hydrogen) atoms. The molecule has 0 atom stereocenters. The Labute approximate surface area is 196 Å². The van der Waals surface area contributed by atoms with Gasteiger partial charge in [-0.3, -0.25) is 0 Å². The second-order valence-electron chi connectivity index (χ2n) is 7.63. The summed E-state index contributed by atoms with van der Waals surface area (Å²) in [6.07, 6.45) is 0. The number of hydrogen-bond donors (Lipinski definition) is 1. The average Bonchev–Trinajstić information content (AvgIpc) is 2.87. The Bertz CT molecular complexity index is 1130. The molecule has 5 aromatic rings. The normalized spacial score (nSPS) is 10.8. The first-order valence-electron chi connectivity index (χ1n) is 10.6. The highest BCUT2D eigenvalue weighted by molar-refractivity contribution is 9.10. The third kappa shape index (κ3) is 3.63. The number of halogens is 1. The predicted molar refractivity (Wildman–Crippen MR) is 138 cm³/mol. The SMILES string of the molecule is Oc1c(-c2ccccc2)c(-c2ccccc2)c(Br)c(-c2ccccc2)c1-c1ccccc1. The molecule has 154 valence electrons. The number of phenolic OH excluding ortho intramolecular Hbond substituents is 1. The van der Waals surface area contributed by atoms with Gasteiger partial charge in [-0.2, -0.15) is 0 Å². The first-order chi connectivity index (χ1) is 15.8. The van der Waals surface area contributed by atoms with Gasteiger partial charge in [0.05, 0.1) is 0 Å². The fourth-order valence-corrected chi connectivity index (χ4v) is 5.08. The second-order valence-corrected chi connectivity index (χ2v) is 8.42. The zero-order valence-corrected chi connectivity index (χ0v) is 19.0. The van der Waals surface area contributed by atoms with Crippen LogP contribution in [0.5, 0.6) is 5.75 Å². The van der Waals surface area contributed by atoms with E-state index in [1.165, 1.54) is 0 Å². The van der Waals surface area contributed by atoms with Crippen LogP contribution in [0.25, 0.3) is 44.5 Å². The zero-order valence-electron chi connectivity index (χ0n) is 17.4. The van der Waals surface area contributed by atoms with Crippen molar-refractivity contribution >= 4 is 15.9 Å². The fraction of sp³-hybridized carbons (Fsp3) is 0. The number of aromatic hydroxyl groups is 1. The number of hydrogen-bond acceptors (Lipinski definition) is 1. The van der Waals surface area contributed by atoms with Crippen molar-refractivity contribution in [3.63, 3.8) is 0 Å². The van der Waals surface area contributed by atoms with Gasteiger partial charge in [-0.25, -0.2) is 0 Å². The lowest BCUT2D eigenvalue weighted by atomic mass is 9.84. The second kappa shape index (κ2) is 8.86. The van der Waals surface area contributed by atoms with Gasteiger partial charge < -0.3 is 5.11 Å². The van der Waals surface area contributed by atoms with E-state index in [4.69, 9.17) is 0 Å². The van der Waals surface area contributed by atoms with Crippen molar-refractivity contribution < 1.29 is 5.11 Å². The Morgan fingerprint density at radius 3 is 0.906 bits per heavy atom. The molecule has 0 fully saturated rings. The highest BCUT2D eigenvalue weighted by atomic mass is 79.9. The highest BCUT2D eigenvalue weighted by Crippen LogP contribution is 2.54. The summed E-state index contributed by atoms with van der Waals surface area (Å²) in [5.41, 5.74) is 7.64. The van der Waals surface area contributed by atoms with E-state index in [1.54, 1.807) is 0 Å². The molecular weight excluding hydrogens is 456 g/mol. The van der Waals surface area contributed by atoms with E-state index < -0.39 is 0 Å². The highest BCUT2D eigenvalue weighted by Gasteiger charge is 2.26. The third-order valence-electron chi connectivity index (χ3n) is 5.66. The lowest BCUT2D eigenvalue weighted by molar-refractivity contribution is 0.479. The van der Waals surface area contributed by atoms with Gasteiger partial charge >= 0.3 is 0 Å². The topological polar surface area (TPSA) is 20.2 Å². The van der Waals surface area contributed by atoms with Gasteiger partial charge in [0.25, 0.3) is 0 Å². The van der Waals surface area contributed by atoms with Gasteiger partial charge in [-0.15, -0.1) is 0 Å². The maximum Gasteiger partial charge on any atom is 0.132 e. The summed E-state index contributed by atoms with van der Waals surface area (Å²) in [6, 6.07) is 40.7. The molecule has 2 heteroatoms. The van der Waals surface area contributed by atoms with Crippen LogP contribution in [0.2, 0.25) is 0 Å². The Hall–Kier alpha value is -3.62. The van der Waals surface area contributed by atoms with E-state index in [2.05, 4.69) is 40.2 Å². The van der Waals surface area contributed by atoms with E-state index in [0.717, 1.165) is 49.0 Å². The van der Waals surface area contributed by atoms with Gasteiger partial charge in [0.2, 0.25) is 0 Å². The Balaban J connectivity index is 1.97. The number of phenols is 1. The summed E-state index contributed by atoms with van der Waals surface area (Å²) >= 11 is 3.97. The first-order valence-corrected chi connectivity index (χ1v) is 11.3. The van der Waals surface area contributed by atoms with Crippen molar-refractivity contribution in [2.24, 2.45) is 0 Å². The molecule has 1 nitrogen and oxygen atoms in total. The monoisotopic (exact) mass is 476 g/mol. The largest absolute Gasteiger partial charge is 0.507 e. The van der Waals surface area contributed by atoms with Crippen molar-refractivity contribution in [3.8, 4) is 50.3 Å². The minimum absolute atomic E-state index is 0.281. The first kappa shape index (κ1) is 20.3. The summed E-state index contributed by atoms with van der Waals surface area (Å²) < 4.78 is 0.963. The molecule has 0 aliphatic carbocycles. The van der Waals surface area contributed by atoms with Crippen LogP contribution in [-0.2, 0) is 0 Å². The van der Waals surface area contributed by atoms with Crippen LogP contribution in [0.3, 0.4) is 0 Å². The number of rotatable bonds is 4. The lowest BCUT2D eigenvalue weighted by Gasteiger charge is -2.23. The quantitative estimate of drug-likeness (QED) is 0.274. The molecule has 0 unspecified atom stereocenters. The van der Waals surface area contributed by atoms with Crippen molar-refractivity contribution in [2.75, 3.05) is 0 Å². The van der Waals surface area contributed by atoms with Crippen LogP contribution in [0, 0.1) is 0 Å². The van der Waals surface area contributed by atoms with Gasteiger partial charge in [0, 0.05) is 26.7 Å². The molecule has 0 saturated heterocycles. The average molecular weight is 477 g/mol. The van der Waals surface area contributed by atoms with Gasteiger partial charge in [0.15, 0.2) is 0 Å². The maximum atomic E-state index is 11.9. The third-order valence-corrected chi connectivity index (χ3v) is 6.46. The number of benzene rings is 5. The van der Waals surface area contributed by atoms with Crippen LogP contribution in [0.4, 0.5) is 0 Å². The molecule has 5 rings (SSSR count). The molecular formula is C30H21BrO. The van der Waals surface area contributed by atoms with Crippen LogP contribution in [0.15, 0.2) is 126 Å². The van der Waals surface area contributed by atoms with E-state index >= 15 is 0 Å². The molecule has 0 bridgehead atoms. The predicted octanol–water partition coefficient (Wildman–Crippen LogP) is 8.82. The molecule has 0 aliphatic heterocycles. The van der Waals surface area contributed by atoms with Crippen LogP contribution in [0.1, 0.15) is 0 Å². The molecule has 0 amide bonds. The van der Waals surface area contributed by atoms with Crippen LogP contribution < -0.4 is 0 Å². The van der Waals surface area contributed by atoms with Gasteiger partial charge in [-0.1, -0.05) is 121 Å². The molecule has 0 aliphatic rings. The van der Waals surface area contributed by atoms with Crippen molar-refractivity contribution in [1.82, 2.24) is 0 Å². The molecule has 0 saturated carbocycles. The summed E-state index contributed by atoms with van der Waals surface area (Å²) in [6.45, 7) is 0. The Kier molecular flexibility index (Phi) is 5.62. The Morgan fingerprint density at radius 1 is 0.375 bits per heavy atom.